The number of hydrogen-bond donors (Lipinski definition) is 1. The molecule has 1 aliphatic heterocycles. The highest BCUT2D eigenvalue weighted by molar-refractivity contribution is 8.00. The molecular weight excluding hydrogens is 220 g/mol. The monoisotopic (exact) mass is 240 g/mol. The van der Waals surface area contributed by atoms with Crippen LogP contribution in [-0.2, 0) is 4.74 Å². The fourth-order valence-electron chi connectivity index (χ4n) is 2.08. The molecule has 2 fully saturated rings. The molecule has 0 amide bonds. The molecule has 0 bridgehead atoms. The zero-order valence-electron chi connectivity index (χ0n) is 10.0. The van der Waals surface area contributed by atoms with Crippen molar-refractivity contribution in [1.29, 1.82) is 5.26 Å². The molecular formula is C12H20N2OS. The summed E-state index contributed by atoms with van der Waals surface area (Å²) in [6.07, 6.45) is 2.41. The Bertz CT molecular complexity index is 281. The lowest BCUT2D eigenvalue weighted by atomic mass is 9.96. The number of nitrogens with zero attached hydrogens (tertiary/aromatic N) is 1. The Morgan fingerprint density at radius 2 is 2.19 bits per heavy atom. The molecule has 1 saturated heterocycles. The van der Waals surface area contributed by atoms with Gasteiger partial charge in [-0.15, -0.1) is 0 Å². The molecule has 0 spiro atoms. The first-order valence-electron chi connectivity index (χ1n) is 6.04. The molecule has 1 heterocycles. The van der Waals surface area contributed by atoms with E-state index in [0.717, 1.165) is 19.0 Å². The maximum Gasteiger partial charge on any atom is 0.118 e. The predicted octanol–water partition coefficient (Wildman–Crippen LogP) is 1.79. The molecule has 0 aromatic rings. The van der Waals surface area contributed by atoms with E-state index in [-0.39, 0.29) is 5.54 Å². The molecule has 16 heavy (non-hydrogen) atoms. The minimum Gasteiger partial charge on any atom is -0.379 e. The normalized spacial score (nSPS) is 24.9. The van der Waals surface area contributed by atoms with Crippen molar-refractivity contribution in [3.63, 3.8) is 0 Å². The average molecular weight is 240 g/mol. The molecule has 1 unspecified atom stereocenters. The zero-order valence-corrected chi connectivity index (χ0v) is 10.8. The SMILES string of the molecule is CC(C)NC(C#N)(CSC1COC1)C1CC1. The zero-order chi connectivity index (χ0) is 11.6. The number of thioether (sulfide) groups is 1. The van der Waals surface area contributed by atoms with Crippen molar-refractivity contribution in [1.82, 2.24) is 5.32 Å². The van der Waals surface area contributed by atoms with Crippen LogP contribution in [-0.4, -0.2) is 35.8 Å². The highest BCUT2D eigenvalue weighted by Crippen LogP contribution is 2.42. The summed E-state index contributed by atoms with van der Waals surface area (Å²) in [5.74, 6) is 1.47. The second-order valence-electron chi connectivity index (χ2n) is 5.13. The quantitative estimate of drug-likeness (QED) is 0.769. The second-order valence-corrected chi connectivity index (χ2v) is 6.42. The Morgan fingerprint density at radius 1 is 1.50 bits per heavy atom. The van der Waals surface area contributed by atoms with Gasteiger partial charge in [-0.3, -0.25) is 5.32 Å². The van der Waals surface area contributed by atoms with E-state index in [1.165, 1.54) is 12.8 Å². The maximum atomic E-state index is 9.48. The maximum absolute atomic E-state index is 9.48. The van der Waals surface area contributed by atoms with Crippen LogP contribution >= 0.6 is 11.8 Å². The van der Waals surface area contributed by atoms with Crippen LogP contribution in [0.5, 0.6) is 0 Å². The first-order chi connectivity index (χ1) is 7.66. The van der Waals surface area contributed by atoms with Gasteiger partial charge >= 0.3 is 0 Å². The van der Waals surface area contributed by atoms with Gasteiger partial charge in [0.05, 0.1) is 24.5 Å². The van der Waals surface area contributed by atoms with E-state index in [9.17, 15) is 5.26 Å². The average Bonchev–Trinajstić information content (AvgIpc) is 2.96. The van der Waals surface area contributed by atoms with Crippen molar-refractivity contribution >= 4 is 11.8 Å². The van der Waals surface area contributed by atoms with E-state index >= 15 is 0 Å². The van der Waals surface area contributed by atoms with Crippen LogP contribution in [0.25, 0.3) is 0 Å². The largest absolute Gasteiger partial charge is 0.379 e. The van der Waals surface area contributed by atoms with Gasteiger partial charge in [-0.2, -0.15) is 17.0 Å². The van der Waals surface area contributed by atoms with E-state index < -0.39 is 0 Å². The van der Waals surface area contributed by atoms with Crippen LogP contribution < -0.4 is 5.32 Å². The summed E-state index contributed by atoms with van der Waals surface area (Å²) < 4.78 is 5.17. The number of hydrogen-bond acceptors (Lipinski definition) is 4. The number of ether oxygens (including phenoxy) is 1. The van der Waals surface area contributed by atoms with Crippen LogP contribution in [0.15, 0.2) is 0 Å². The van der Waals surface area contributed by atoms with Gasteiger partial charge in [0.1, 0.15) is 5.54 Å². The minimum atomic E-state index is -0.297. The molecule has 1 aliphatic carbocycles. The van der Waals surface area contributed by atoms with Gasteiger partial charge in [0.2, 0.25) is 0 Å². The minimum absolute atomic E-state index is 0.297. The van der Waals surface area contributed by atoms with Crippen molar-refractivity contribution in [2.75, 3.05) is 19.0 Å². The third-order valence-electron chi connectivity index (χ3n) is 3.17. The second kappa shape index (κ2) is 4.95. The van der Waals surface area contributed by atoms with Gasteiger partial charge in [0.25, 0.3) is 0 Å². The first-order valence-corrected chi connectivity index (χ1v) is 7.09. The molecule has 0 aromatic heterocycles. The summed E-state index contributed by atoms with van der Waals surface area (Å²) in [5, 5.41) is 13.6. The fourth-order valence-corrected chi connectivity index (χ4v) is 3.35. The summed E-state index contributed by atoms with van der Waals surface area (Å²) in [6, 6.07) is 2.91. The van der Waals surface area contributed by atoms with E-state index in [1.54, 1.807) is 0 Å². The molecule has 2 rings (SSSR count). The summed E-state index contributed by atoms with van der Waals surface area (Å²) in [6.45, 7) is 5.95. The van der Waals surface area contributed by atoms with Crippen molar-refractivity contribution in [3.8, 4) is 6.07 Å². The summed E-state index contributed by atoms with van der Waals surface area (Å²) in [7, 11) is 0. The molecule has 1 atom stereocenters. The summed E-state index contributed by atoms with van der Waals surface area (Å²) in [4.78, 5) is 0. The lowest BCUT2D eigenvalue weighted by molar-refractivity contribution is 0.0454. The number of nitrogens with one attached hydrogen (secondary N) is 1. The summed E-state index contributed by atoms with van der Waals surface area (Å²) >= 11 is 1.90. The van der Waals surface area contributed by atoms with Crippen LogP contribution in [0, 0.1) is 17.2 Å². The van der Waals surface area contributed by atoms with Crippen molar-refractivity contribution in [2.45, 2.75) is 43.5 Å². The Balaban J connectivity index is 1.92. The van der Waals surface area contributed by atoms with E-state index in [2.05, 4.69) is 25.2 Å². The smallest absolute Gasteiger partial charge is 0.118 e. The Kier molecular flexibility index (Phi) is 3.78. The Morgan fingerprint density at radius 3 is 2.56 bits per heavy atom. The molecule has 3 nitrogen and oxygen atoms in total. The molecule has 1 saturated carbocycles. The van der Waals surface area contributed by atoms with E-state index in [1.807, 2.05) is 11.8 Å². The number of nitriles is 1. The third-order valence-corrected chi connectivity index (χ3v) is 4.54. The molecule has 0 radical (unpaired) electrons. The highest BCUT2D eigenvalue weighted by Gasteiger charge is 2.46. The molecule has 4 heteroatoms. The molecule has 1 N–H and O–H groups in total. The standard InChI is InChI=1S/C12H20N2OS/c1-9(2)14-12(7-13,10-3-4-10)8-16-11-5-15-6-11/h9-11,14H,3-6,8H2,1-2H3. The fraction of sp³-hybridized carbons (Fsp3) is 0.917. The van der Waals surface area contributed by atoms with Gasteiger partial charge in [-0.05, 0) is 32.6 Å². The van der Waals surface area contributed by atoms with Crippen molar-refractivity contribution in [2.24, 2.45) is 5.92 Å². The van der Waals surface area contributed by atoms with Crippen LogP contribution in [0.2, 0.25) is 0 Å². The lowest BCUT2D eigenvalue weighted by Gasteiger charge is -2.33. The van der Waals surface area contributed by atoms with E-state index in [0.29, 0.717) is 17.2 Å². The molecule has 0 aromatic carbocycles. The molecule has 2 aliphatic rings. The topological polar surface area (TPSA) is 45.0 Å². The Hall–Kier alpha value is -0.240. The van der Waals surface area contributed by atoms with Gasteiger partial charge in [-0.25, -0.2) is 0 Å². The highest BCUT2D eigenvalue weighted by atomic mass is 32.2. The van der Waals surface area contributed by atoms with Gasteiger partial charge in [0.15, 0.2) is 0 Å². The lowest BCUT2D eigenvalue weighted by Crippen LogP contribution is -2.52. The van der Waals surface area contributed by atoms with E-state index in [4.69, 9.17) is 4.74 Å². The molecule has 90 valence electrons. The van der Waals surface area contributed by atoms with Crippen molar-refractivity contribution < 1.29 is 4.74 Å². The van der Waals surface area contributed by atoms with Gasteiger partial charge in [-0.1, -0.05) is 0 Å². The van der Waals surface area contributed by atoms with Gasteiger partial charge < -0.3 is 4.74 Å². The van der Waals surface area contributed by atoms with Crippen LogP contribution in [0.4, 0.5) is 0 Å². The van der Waals surface area contributed by atoms with Crippen LogP contribution in [0.1, 0.15) is 26.7 Å². The Labute approximate surface area is 102 Å². The van der Waals surface area contributed by atoms with Crippen LogP contribution in [0.3, 0.4) is 0 Å². The third kappa shape index (κ3) is 2.71. The predicted molar refractivity (Wildman–Crippen MR) is 66.4 cm³/mol. The number of rotatable bonds is 6. The summed E-state index contributed by atoms with van der Waals surface area (Å²) in [5.41, 5.74) is -0.297. The van der Waals surface area contributed by atoms with Crippen molar-refractivity contribution in [3.05, 3.63) is 0 Å². The first kappa shape index (κ1) is 12.2. The van der Waals surface area contributed by atoms with Gasteiger partial charge in [0, 0.05) is 11.8 Å².